The topological polar surface area (TPSA) is 89.7 Å². The Morgan fingerprint density at radius 1 is 1.18 bits per heavy atom. The third-order valence-corrected chi connectivity index (χ3v) is 7.32. The van der Waals surface area contributed by atoms with Crippen molar-refractivity contribution in [3.63, 3.8) is 0 Å². The number of carbonyl (C=O) groups is 1. The molecule has 2 aromatic heterocycles. The van der Waals surface area contributed by atoms with Gasteiger partial charge in [0.15, 0.2) is 5.75 Å². The average molecular weight is 571 g/mol. The molecule has 1 atom stereocenters. The second-order valence-corrected chi connectivity index (χ2v) is 10.3. The Morgan fingerprint density at radius 2 is 1.95 bits per heavy atom. The molecule has 0 amide bonds. The highest BCUT2D eigenvalue weighted by molar-refractivity contribution is 6.30. The number of benzene rings is 2. The largest absolute Gasteiger partial charge is 0.478 e. The number of hydrogen-bond donors (Lipinski definition) is 1. The van der Waals surface area contributed by atoms with Crippen molar-refractivity contribution in [2.24, 2.45) is 7.05 Å². The average Bonchev–Trinajstić information content (AvgIpc) is 3.23. The normalized spacial score (nSPS) is 15.3. The number of piperidine rings is 1. The van der Waals surface area contributed by atoms with Crippen LogP contribution in [0.15, 0.2) is 48.5 Å². The first-order valence-electron chi connectivity index (χ1n) is 13.0. The number of aromatic nitrogens is 3. The van der Waals surface area contributed by atoms with E-state index in [9.17, 15) is 18.7 Å². The minimum atomic E-state index is -1.60. The summed E-state index contributed by atoms with van der Waals surface area (Å²) in [5.74, 6) is -0.0114. The number of carboxylic acid groups (broad SMARTS) is 1. The molecule has 0 saturated carbocycles. The maximum atomic E-state index is 14.1. The molecule has 0 radical (unpaired) electrons. The second kappa shape index (κ2) is 11.8. The van der Waals surface area contributed by atoms with Crippen LogP contribution in [0.1, 0.15) is 53.1 Å². The fourth-order valence-corrected chi connectivity index (χ4v) is 5.11. The first-order valence-corrected chi connectivity index (χ1v) is 13.3. The predicted octanol–water partition coefficient (Wildman–Crippen LogP) is 6.11. The zero-order valence-corrected chi connectivity index (χ0v) is 22.9. The Kier molecular flexibility index (Phi) is 8.18. The number of halogens is 3. The standard InChI is InChI=1S/C29H29ClF2N4O4/c1-17(31)40-25-13-20(29(37)38)12-24-28(25)34-26(35(24)2)15-36-10-8-18(9-11-36)23-4-3-5-27(33-23)39-16-19-6-7-21(30)14-22(19)32/h3-7,12-14,17-18H,8-11,15-16H2,1-2H3,(H,37,38). The molecule has 5 rings (SSSR count). The smallest absolute Gasteiger partial charge is 0.335 e. The first kappa shape index (κ1) is 27.8. The molecule has 1 unspecified atom stereocenters. The quantitative estimate of drug-likeness (QED) is 0.259. The van der Waals surface area contributed by atoms with Gasteiger partial charge in [0.25, 0.3) is 0 Å². The molecular formula is C29H29ClF2N4O4. The molecule has 1 N–H and O–H groups in total. The highest BCUT2D eigenvalue weighted by Gasteiger charge is 2.24. The molecule has 1 aliphatic heterocycles. The fourth-order valence-electron chi connectivity index (χ4n) is 4.95. The van der Waals surface area contributed by atoms with E-state index < -0.39 is 18.1 Å². The van der Waals surface area contributed by atoms with E-state index in [0.29, 0.717) is 34.0 Å². The lowest BCUT2D eigenvalue weighted by Gasteiger charge is -2.31. The number of pyridine rings is 1. The number of alkyl halides is 1. The Labute approximate surface area is 235 Å². The summed E-state index contributed by atoms with van der Waals surface area (Å²) in [6.45, 7) is 3.46. The summed E-state index contributed by atoms with van der Waals surface area (Å²) in [6, 6.07) is 12.9. The number of likely N-dealkylation sites (tertiary alicyclic amines) is 1. The van der Waals surface area contributed by atoms with Crippen molar-refractivity contribution < 1.29 is 28.2 Å². The lowest BCUT2D eigenvalue weighted by Crippen LogP contribution is -2.33. The van der Waals surface area contributed by atoms with Crippen LogP contribution in [0.5, 0.6) is 11.6 Å². The molecule has 0 spiro atoms. The van der Waals surface area contributed by atoms with Gasteiger partial charge in [0.05, 0.1) is 17.6 Å². The summed E-state index contributed by atoms with van der Waals surface area (Å²) >= 11 is 5.82. The van der Waals surface area contributed by atoms with E-state index in [1.54, 1.807) is 18.2 Å². The second-order valence-electron chi connectivity index (χ2n) is 9.87. The lowest BCUT2D eigenvalue weighted by atomic mass is 9.93. The summed E-state index contributed by atoms with van der Waals surface area (Å²) in [7, 11) is 1.82. The van der Waals surface area contributed by atoms with E-state index in [0.717, 1.165) is 37.4 Å². The summed E-state index contributed by atoms with van der Waals surface area (Å²) in [5.41, 5.74) is 2.35. The van der Waals surface area contributed by atoms with Crippen LogP contribution in [0, 0.1) is 5.82 Å². The molecule has 8 nitrogen and oxygen atoms in total. The van der Waals surface area contributed by atoms with E-state index in [1.807, 2.05) is 23.7 Å². The van der Waals surface area contributed by atoms with E-state index in [4.69, 9.17) is 21.1 Å². The predicted molar refractivity (Wildman–Crippen MR) is 146 cm³/mol. The molecule has 2 aromatic carbocycles. The summed E-state index contributed by atoms with van der Waals surface area (Å²) in [5, 5.41) is 9.81. The number of nitrogens with zero attached hydrogens (tertiary/aromatic N) is 4. The zero-order valence-electron chi connectivity index (χ0n) is 22.1. The number of hydrogen-bond acceptors (Lipinski definition) is 6. The number of imidazole rings is 1. The molecule has 0 aliphatic carbocycles. The third-order valence-electron chi connectivity index (χ3n) is 7.09. The minimum Gasteiger partial charge on any atom is -0.478 e. The Morgan fingerprint density at radius 3 is 2.65 bits per heavy atom. The van der Waals surface area contributed by atoms with Gasteiger partial charge >= 0.3 is 5.97 Å². The van der Waals surface area contributed by atoms with Gasteiger partial charge in [-0.3, -0.25) is 4.90 Å². The number of fused-ring (bicyclic) bond motifs is 1. The third kappa shape index (κ3) is 6.18. The highest BCUT2D eigenvalue weighted by Crippen LogP contribution is 2.32. The molecule has 3 heterocycles. The van der Waals surface area contributed by atoms with Gasteiger partial charge in [-0.15, -0.1) is 0 Å². The van der Waals surface area contributed by atoms with Gasteiger partial charge in [-0.05, 0) is 56.3 Å². The van der Waals surface area contributed by atoms with Gasteiger partial charge in [0.1, 0.15) is 23.8 Å². The van der Waals surface area contributed by atoms with E-state index in [-0.39, 0.29) is 23.8 Å². The Balaban J connectivity index is 1.24. The van der Waals surface area contributed by atoms with Crippen molar-refractivity contribution in [2.75, 3.05) is 13.1 Å². The molecular weight excluding hydrogens is 542 g/mol. The van der Waals surface area contributed by atoms with Gasteiger partial charge in [-0.1, -0.05) is 23.7 Å². The van der Waals surface area contributed by atoms with Crippen LogP contribution in [0.2, 0.25) is 5.02 Å². The number of rotatable bonds is 9. The van der Waals surface area contributed by atoms with Crippen LogP contribution in [0.25, 0.3) is 11.0 Å². The van der Waals surface area contributed by atoms with Crippen molar-refractivity contribution in [1.29, 1.82) is 0 Å². The summed E-state index contributed by atoms with van der Waals surface area (Å²) < 4.78 is 40.5. The summed E-state index contributed by atoms with van der Waals surface area (Å²) in [4.78, 5) is 23.2. The monoisotopic (exact) mass is 570 g/mol. The van der Waals surface area contributed by atoms with Crippen LogP contribution in [0.4, 0.5) is 8.78 Å². The molecule has 1 saturated heterocycles. The van der Waals surface area contributed by atoms with Crippen LogP contribution >= 0.6 is 11.6 Å². The lowest BCUT2D eigenvalue weighted by molar-refractivity contribution is 0.0690. The van der Waals surface area contributed by atoms with Crippen molar-refractivity contribution >= 4 is 28.6 Å². The molecule has 1 aliphatic rings. The molecule has 4 aromatic rings. The van der Waals surface area contributed by atoms with Gasteiger partial charge in [-0.25, -0.2) is 23.5 Å². The van der Waals surface area contributed by atoms with Crippen LogP contribution in [0.3, 0.4) is 0 Å². The van der Waals surface area contributed by atoms with Crippen LogP contribution < -0.4 is 9.47 Å². The van der Waals surface area contributed by atoms with Gasteiger partial charge in [0.2, 0.25) is 12.2 Å². The first-order chi connectivity index (χ1) is 19.2. The zero-order chi connectivity index (χ0) is 28.4. The Hall–Kier alpha value is -3.76. The van der Waals surface area contributed by atoms with Crippen molar-refractivity contribution in [3.05, 3.63) is 82.0 Å². The Bertz CT molecular complexity index is 1540. The molecule has 0 bridgehead atoms. The van der Waals surface area contributed by atoms with Crippen molar-refractivity contribution in [1.82, 2.24) is 19.4 Å². The molecule has 1 fully saturated rings. The van der Waals surface area contributed by atoms with Crippen molar-refractivity contribution in [2.45, 2.75) is 45.2 Å². The van der Waals surface area contributed by atoms with Crippen molar-refractivity contribution in [3.8, 4) is 11.6 Å². The minimum absolute atomic E-state index is 0.00974. The fraction of sp³-hybridized carbons (Fsp3) is 0.345. The van der Waals surface area contributed by atoms with Crippen LogP contribution in [-0.2, 0) is 20.2 Å². The number of aryl methyl sites for hydroxylation is 1. The molecule has 40 heavy (non-hydrogen) atoms. The van der Waals surface area contributed by atoms with E-state index >= 15 is 0 Å². The number of aromatic carboxylic acids is 1. The highest BCUT2D eigenvalue weighted by atomic mass is 35.5. The summed E-state index contributed by atoms with van der Waals surface area (Å²) in [6.07, 6.45) is 0.152. The maximum Gasteiger partial charge on any atom is 0.335 e. The maximum absolute atomic E-state index is 14.1. The SMILES string of the molecule is CC(F)Oc1cc(C(=O)O)cc2c1nc(CN1CCC(c3cccc(OCc4ccc(Cl)cc4F)n3)CC1)n2C. The van der Waals surface area contributed by atoms with E-state index in [2.05, 4.69) is 14.9 Å². The molecule has 210 valence electrons. The number of carboxylic acids is 1. The molecule has 11 heteroatoms. The number of ether oxygens (including phenoxy) is 2. The van der Waals surface area contributed by atoms with Gasteiger partial charge in [-0.2, -0.15) is 0 Å². The van der Waals surface area contributed by atoms with E-state index in [1.165, 1.54) is 25.1 Å². The van der Waals surface area contributed by atoms with Crippen LogP contribution in [-0.4, -0.2) is 50.0 Å². The van der Waals surface area contributed by atoms with Gasteiger partial charge in [0, 0.05) is 42.2 Å². The van der Waals surface area contributed by atoms with Gasteiger partial charge < -0.3 is 19.1 Å².